The number of amides is 1. The molecule has 1 unspecified atom stereocenters. The fraction of sp³-hybridized carbons (Fsp3) is 0.667. The van der Waals surface area contributed by atoms with E-state index < -0.39 is 17.3 Å². The summed E-state index contributed by atoms with van der Waals surface area (Å²) in [4.78, 5) is 42.5. The van der Waals surface area contributed by atoms with Gasteiger partial charge < -0.3 is 16.0 Å². The monoisotopic (exact) mass is 381 g/mol. The molecule has 0 aliphatic carbocycles. The van der Waals surface area contributed by atoms with Gasteiger partial charge in [-0.25, -0.2) is 9.47 Å². The van der Waals surface area contributed by atoms with Crippen LogP contribution in [0.4, 0.5) is 0 Å². The number of rotatable bonds is 8. The summed E-state index contributed by atoms with van der Waals surface area (Å²) >= 11 is 0. The van der Waals surface area contributed by atoms with Gasteiger partial charge in [0.25, 0.3) is 5.56 Å². The van der Waals surface area contributed by atoms with Crippen molar-refractivity contribution < 1.29 is 9.63 Å². The van der Waals surface area contributed by atoms with Gasteiger partial charge in [-0.1, -0.05) is 32.9 Å². The minimum atomic E-state index is -0.661. The minimum Gasteiger partial charge on any atom is -0.393 e. The molecule has 152 valence electrons. The van der Waals surface area contributed by atoms with E-state index >= 15 is 0 Å². The van der Waals surface area contributed by atoms with Crippen molar-refractivity contribution >= 4 is 11.6 Å². The zero-order valence-corrected chi connectivity index (χ0v) is 17.1. The van der Waals surface area contributed by atoms with Crippen LogP contribution in [0.15, 0.2) is 20.9 Å². The number of hydrogen-bond donors (Lipinski definition) is 2. The Labute approximate surface area is 159 Å². The third kappa shape index (κ3) is 5.97. The summed E-state index contributed by atoms with van der Waals surface area (Å²) in [5.41, 5.74) is -0.713. The summed E-state index contributed by atoms with van der Waals surface area (Å²) in [5, 5.41) is 6.80. The molecule has 9 nitrogen and oxygen atoms in total. The number of aromatic nitrogens is 2. The summed E-state index contributed by atoms with van der Waals surface area (Å²) in [6, 6.07) is -0.398. The van der Waals surface area contributed by atoms with Gasteiger partial charge in [-0.05, 0) is 26.7 Å². The van der Waals surface area contributed by atoms with Crippen LogP contribution in [-0.2, 0) is 16.2 Å². The van der Waals surface area contributed by atoms with Gasteiger partial charge in [-0.3, -0.25) is 14.2 Å². The first-order chi connectivity index (χ1) is 12.5. The lowest BCUT2D eigenvalue weighted by Crippen LogP contribution is -2.51. The highest BCUT2D eigenvalue weighted by Gasteiger charge is 2.22. The molecule has 1 heterocycles. The predicted octanol–water partition coefficient (Wildman–Crippen LogP) is 0.670. The molecular formula is C18H31N5O4. The van der Waals surface area contributed by atoms with Crippen LogP contribution in [0.2, 0.25) is 0 Å². The normalized spacial score (nSPS) is 13.3. The fourth-order valence-corrected chi connectivity index (χ4v) is 2.23. The number of nitrogens with zero attached hydrogens (tertiary/aromatic N) is 3. The Hall–Kier alpha value is -2.58. The molecule has 0 spiro atoms. The molecule has 0 bridgehead atoms. The van der Waals surface area contributed by atoms with Crippen LogP contribution in [-0.4, -0.2) is 33.0 Å². The van der Waals surface area contributed by atoms with Gasteiger partial charge in [0.1, 0.15) is 6.10 Å². The molecule has 0 saturated carbocycles. The van der Waals surface area contributed by atoms with Gasteiger partial charge in [0.15, 0.2) is 0 Å². The molecule has 0 fully saturated rings. The molecule has 0 saturated heterocycles. The van der Waals surface area contributed by atoms with Gasteiger partial charge in [0.05, 0.1) is 17.8 Å². The summed E-state index contributed by atoms with van der Waals surface area (Å²) in [6.45, 7) is 12.6. The first-order valence-corrected chi connectivity index (χ1v) is 9.08. The first-order valence-electron chi connectivity index (χ1n) is 9.08. The third-order valence-corrected chi connectivity index (χ3v) is 4.02. The fourth-order valence-electron chi connectivity index (χ4n) is 2.23. The number of nitrogens with two attached hydrogens (primary N) is 1. The van der Waals surface area contributed by atoms with E-state index in [4.69, 9.17) is 10.7 Å². The van der Waals surface area contributed by atoms with Crippen molar-refractivity contribution in [1.82, 2.24) is 14.6 Å². The maximum Gasteiger partial charge on any atom is 0.349 e. The Kier molecular flexibility index (Phi) is 7.81. The lowest BCUT2D eigenvalue weighted by Gasteiger charge is -2.24. The van der Waals surface area contributed by atoms with Crippen molar-refractivity contribution in [1.29, 1.82) is 0 Å². The second-order valence-corrected chi connectivity index (χ2v) is 7.49. The number of carbonyl (C=O) groups is 1. The van der Waals surface area contributed by atoms with E-state index in [0.717, 1.165) is 9.24 Å². The molecule has 0 aliphatic heterocycles. The summed E-state index contributed by atoms with van der Waals surface area (Å²) in [7, 11) is 0. The third-order valence-electron chi connectivity index (χ3n) is 4.02. The van der Waals surface area contributed by atoms with E-state index in [1.807, 2.05) is 27.7 Å². The molecule has 1 aromatic rings. The molecule has 1 atom stereocenters. The molecule has 27 heavy (non-hydrogen) atoms. The Balaban J connectivity index is 3.34. The van der Waals surface area contributed by atoms with Crippen LogP contribution in [0.25, 0.3) is 0 Å². The molecule has 1 rings (SSSR count). The van der Waals surface area contributed by atoms with Crippen LogP contribution in [0.1, 0.15) is 54.0 Å². The standard InChI is InChI=1S/C18H31N5O4/c1-10(2)15(20-16(24)11(3)4)9-22-17(25)14(8-23(19)18(22)26)13(7)21-27-12(5)6/h8,10-12,15H,9,19H2,1-7H3,(H,20,24)/b21-13+. The largest absolute Gasteiger partial charge is 0.393 e. The molecule has 0 aliphatic rings. The molecule has 0 radical (unpaired) electrons. The van der Waals surface area contributed by atoms with Gasteiger partial charge >= 0.3 is 5.69 Å². The Bertz CT molecular complexity index is 805. The highest BCUT2D eigenvalue weighted by atomic mass is 16.6. The highest BCUT2D eigenvalue weighted by molar-refractivity contribution is 5.97. The maximum absolute atomic E-state index is 12.9. The lowest BCUT2D eigenvalue weighted by molar-refractivity contribution is -0.125. The van der Waals surface area contributed by atoms with Crippen molar-refractivity contribution in [3.63, 3.8) is 0 Å². The smallest absolute Gasteiger partial charge is 0.349 e. The van der Waals surface area contributed by atoms with Gasteiger partial charge in [-0.15, -0.1) is 0 Å². The number of hydrogen-bond acceptors (Lipinski definition) is 6. The number of nitrogen functional groups attached to an aromatic ring is 1. The maximum atomic E-state index is 12.9. The molecule has 0 aromatic carbocycles. The first kappa shape index (κ1) is 22.5. The average molecular weight is 381 g/mol. The van der Waals surface area contributed by atoms with Crippen molar-refractivity contribution in [2.24, 2.45) is 17.0 Å². The van der Waals surface area contributed by atoms with E-state index in [-0.39, 0.29) is 36.0 Å². The quantitative estimate of drug-likeness (QED) is 0.389. The lowest BCUT2D eigenvalue weighted by atomic mass is 10.0. The van der Waals surface area contributed by atoms with Gasteiger partial charge in [0.2, 0.25) is 5.91 Å². The van der Waals surface area contributed by atoms with E-state index in [0.29, 0.717) is 5.71 Å². The van der Waals surface area contributed by atoms with Crippen LogP contribution < -0.4 is 22.4 Å². The van der Waals surface area contributed by atoms with Gasteiger partial charge in [-0.2, -0.15) is 0 Å². The van der Waals surface area contributed by atoms with Crippen molar-refractivity contribution in [2.75, 3.05) is 5.84 Å². The Morgan fingerprint density at radius 1 is 1.22 bits per heavy atom. The van der Waals surface area contributed by atoms with Crippen LogP contribution >= 0.6 is 0 Å². The van der Waals surface area contributed by atoms with E-state index in [1.165, 1.54) is 6.20 Å². The van der Waals surface area contributed by atoms with Crippen LogP contribution in [0, 0.1) is 11.8 Å². The Morgan fingerprint density at radius 3 is 2.30 bits per heavy atom. The number of carbonyl (C=O) groups excluding carboxylic acids is 1. The van der Waals surface area contributed by atoms with E-state index in [9.17, 15) is 14.4 Å². The molecule has 1 amide bonds. The van der Waals surface area contributed by atoms with Gasteiger partial charge in [0, 0.05) is 18.2 Å². The van der Waals surface area contributed by atoms with Crippen molar-refractivity contribution in [3.8, 4) is 0 Å². The zero-order valence-electron chi connectivity index (χ0n) is 17.1. The average Bonchev–Trinajstić information content (AvgIpc) is 2.57. The summed E-state index contributed by atoms with van der Waals surface area (Å²) in [6.07, 6.45) is 1.09. The molecule has 9 heteroatoms. The predicted molar refractivity (Wildman–Crippen MR) is 105 cm³/mol. The molecule has 1 aromatic heterocycles. The summed E-state index contributed by atoms with van der Waals surface area (Å²) in [5.74, 6) is 5.40. The van der Waals surface area contributed by atoms with E-state index in [2.05, 4.69) is 10.5 Å². The number of nitrogens with one attached hydrogen (secondary N) is 1. The minimum absolute atomic E-state index is 0.00733. The SMILES string of the molecule is C/C(=N\OC(C)C)c1cn(N)c(=O)n(CC(NC(=O)C(C)C)C(C)C)c1=O. The highest BCUT2D eigenvalue weighted by Crippen LogP contribution is 2.06. The second-order valence-electron chi connectivity index (χ2n) is 7.49. The van der Waals surface area contributed by atoms with Crippen molar-refractivity contribution in [2.45, 2.75) is 67.2 Å². The second kappa shape index (κ2) is 9.38. The topological polar surface area (TPSA) is 121 Å². The van der Waals surface area contributed by atoms with E-state index in [1.54, 1.807) is 20.8 Å². The number of oxime groups is 1. The molecule has 3 N–H and O–H groups in total. The Morgan fingerprint density at radius 2 is 1.81 bits per heavy atom. The van der Waals surface area contributed by atoms with Crippen LogP contribution in [0.5, 0.6) is 0 Å². The van der Waals surface area contributed by atoms with Crippen molar-refractivity contribution in [3.05, 3.63) is 32.6 Å². The zero-order chi connectivity index (χ0) is 20.9. The summed E-state index contributed by atoms with van der Waals surface area (Å²) < 4.78 is 1.86. The van der Waals surface area contributed by atoms with Crippen LogP contribution in [0.3, 0.4) is 0 Å². The molecular weight excluding hydrogens is 350 g/mol.